The van der Waals surface area contributed by atoms with Crippen LogP contribution in [0.25, 0.3) is 10.9 Å². The minimum absolute atomic E-state index is 0.0688. The highest BCUT2D eigenvalue weighted by atomic mass is 16.5. The number of morpholine rings is 1. The van der Waals surface area contributed by atoms with E-state index in [2.05, 4.69) is 21.8 Å². The molecule has 19 heavy (non-hydrogen) atoms. The first-order valence-corrected chi connectivity index (χ1v) is 6.56. The maximum absolute atomic E-state index is 12.0. The fourth-order valence-electron chi connectivity index (χ4n) is 2.44. The van der Waals surface area contributed by atoms with Gasteiger partial charge in [0.1, 0.15) is 5.82 Å². The lowest BCUT2D eigenvalue weighted by Gasteiger charge is -2.31. The molecule has 5 nitrogen and oxygen atoms in total. The highest BCUT2D eigenvalue weighted by molar-refractivity contribution is 5.77. The summed E-state index contributed by atoms with van der Waals surface area (Å²) in [5.41, 5.74) is 0.682. The Labute approximate surface area is 111 Å². The molecule has 1 saturated heterocycles. The second kappa shape index (κ2) is 5.11. The molecule has 0 amide bonds. The molecule has 2 heterocycles. The number of ether oxygens (including phenoxy) is 1. The van der Waals surface area contributed by atoms with E-state index in [0.29, 0.717) is 5.39 Å². The minimum Gasteiger partial charge on any atom is -0.379 e. The van der Waals surface area contributed by atoms with Gasteiger partial charge < -0.3 is 9.72 Å². The van der Waals surface area contributed by atoms with Gasteiger partial charge >= 0.3 is 0 Å². The molecule has 0 saturated carbocycles. The van der Waals surface area contributed by atoms with Crippen molar-refractivity contribution in [3.05, 3.63) is 40.4 Å². The molecule has 0 unspecified atom stereocenters. The molecule has 1 aromatic carbocycles. The summed E-state index contributed by atoms with van der Waals surface area (Å²) in [4.78, 5) is 21.8. The van der Waals surface area contributed by atoms with Gasteiger partial charge in [0.05, 0.1) is 30.2 Å². The topological polar surface area (TPSA) is 58.2 Å². The van der Waals surface area contributed by atoms with Gasteiger partial charge in [0.15, 0.2) is 0 Å². The summed E-state index contributed by atoms with van der Waals surface area (Å²) in [5.74, 6) is 0.727. The smallest absolute Gasteiger partial charge is 0.258 e. The molecule has 100 valence electrons. The molecule has 0 bridgehead atoms. The highest BCUT2D eigenvalue weighted by Crippen LogP contribution is 2.18. The number of fused-ring (bicyclic) bond motifs is 1. The van der Waals surface area contributed by atoms with Crippen LogP contribution in [0.5, 0.6) is 0 Å². The van der Waals surface area contributed by atoms with Crippen LogP contribution in [0, 0.1) is 0 Å². The monoisotopic (exact) mass is 259 g/mol. The van der Waals surface area contributed by atoms with E-state index in [1.165, 1.54) is 0 Å². The Kier molecular flexibility index (Phi) is 3.31. The highest BCUT2D eigenvalue weighted by Gasteiger charge is 2.20. The first-order valence-electron chi connectivity index (χ1n) is 6.56. The van der Waals surface area contributed by atoms with E-state index in [9.17, 15) is 4.79 Å². The zero-order valence-electron chi connectivity index (χ0n) is 10.9. The maximum atomic E-state index is 12.0. The van der Waals surface area contributed by atoms with E-state index in [-0.39, 0.29) is 11.6 Å². The third kappa shape index (κ3) is 2.39. The average molecular weight is 259 g/mol. The Hall–Kier alpha value is -1.72. The standard InChI is InChI=1S/C14H17N3O2/c1-10(17-6-8-19-9-7-17)13-15-12-5-3-2-4-11(12)14(18)16-13/h2-5,10H,6-9H2,1H3,(H,15,16,18)/t10-/m1/s1. The van der Waals surface area contributed by atoms with Gasteiger partial charge in [-0.1, -0.05) is 12.1 Å². The number of nitrogens with one attached hydrogen (secondary N) is 1. The lowest BCUT2D eigenvalue weighted by molar-refractivity contribution is 0.0182. The number of rotatable bonds is 2. The first-order chi connectivity index (χ1) is 9.25. The Morgan fingerprint density at radius 1 is 1.32 bits per heavy atom. The second-order valence-electron chi connectivity index (χ2n) is 4.79. The van der Waals surface area contributed by atoms with Gasteiger partial charge in [-0.2, -0.15) is 0 Å². The fourth-order valence-corrected chi connectivity index (χ4v) is 2.44. The van der Waals surface area contributed by atoms with Crippen LogP contribution in [0.4, 0.5) is 0 Å². The second-order valence-corrected chi connectivity index (χ2v) is 4.79. The van der Waals surface area contributed by atoms with E-state index >= 15 is 0 Å². The van der Waals surface area contributed by atoms with E-state index in [1.807, 2.05) is 18.2 Å². The lowest BCUT2D eigenvalue weighted by atomic mass is 10.2. The van der Waals surface area contributed by atoms with Gasteiger partial charge in [-0.05, 0) is 19.1 Å². The van der Waals surface area contributed by atoms with Gasteiger partial charge in [-0.25, -0.2) is 4.98 Å². The van der Waals surface area contributed by atoms with Gasteiger partial charge in [-0.3, -0.25) is 9.69 Å². The lowest BCUT2D eigenvalue weighted by Crippen LogP contribution is -2.39. The number of hydrogen-bond acceptors (Lipinski definition) is 4. The molecule has 0 aliphatic carbocycles. The SMILES string of the molecule is C[C@H](c1nc2ccccc2c(=O)[nH]1)N1CCOCC1. The minimum atomic E-state index is -0.0688. The molecule has 3 rings (SSSR count). The van der Waals surface area contributed by atoms with Crippen molar-refractivity contribution in [2.45, 2.75) is 13.0 Å². The van der Waals surface area contributed by atoms with Gasteiger partial charge in [0.2, 0.25) is 0 Å². The Balaban J connectivity index is 1.98. The van der Waals surface area contributed by atoms with E-state index in [0.717, 1.165) is 37.6 Å². The van der Waals surface area contributed by atoms with Crippen LogP contribution in [-0.4, -0.2) is 41.2 Å². The normalized spacial score (nSPS) is 18.6. The zero-order chi connectivity index (χ0) is 13.2. The number of benzene rings is 1. The molecule has 1 fully saturated rings. The fraction of sp³-hybridized carbons (Fsp3) is 0.429. The van der Waals surface area contributed by atoms with Crippen molar-refractivity contribution in [1.82, 2.24) is 14.9 Å². The number of H-pyrrole nitrogens is 1. The predicted molar refractivity (Wildman–Crippen MR) is 73.2 cm³/mol. The van der Waals surface area contributed by atoms with Gasteiger partial charge in [-0.15, -0.1) is 0 Å². The van der Waals surface area contributed by atoms with Crippen LogP contribution in [-0.2, 0) is 4.74 Å². The van der Waals surface area contributed by atoms with Gasteiger partial charge in [0.25, 0.3) is 5.56 Å². The van der Waals surface area contributed by atoms with Crippen molar-refractivity contribution in [1.29, 1.82) is 0 Å². The maximum Gasteiger partial charge on any atom is 0.258 e. The van der Waals surface area contributed by atoms with E-state index < -0.39 is 0 Å². The summed E-state index contributed by atoms with van der Waals surface area (Å²) in [6.07, 6.45) is 0. The van der Waals surface area contributed by atoms with Crippen LogP contribution >= 0.6 is 0 Å². The van der Waals surface area contributed by atoms with Crippen molar-refractivity contribution in [2.24, 2.45) is 0 Å². The quantitative estimate of drug-likeness (QED) is 0.883. The number of aromatic nitrogens is 2. The first kappa shape index (κ1) is 12.3. The summed E-state index contributed by atoms with van der Waals surface area (Å²) >= 11 is 0. The van der Waals surface area contributed by atoms with Crippen molar-refractivity contribution >= 4 is 10.9 Å². The van der Waals surface area contributed by atoms with Crippen LogP contribution in [0.3, 0.4) is 0 Å². The summed E-state index contributed by atoms with van der Waals surface area (Å²) in [6.45, 7) is 5.29. The van der Waals surface area contributed by atoms with E-state index in [4.69, 9.17) is 4.74 Å². The molecule has 0 spiro atoms. The molecular weight excluding hydrogens is 242 g/mol. The molecule has 0 radical (unpaired) electrons. The van der Waals surface area contributed by atoms with Crippen molar-refractivity contribution in [2.75, 3.05) is 26.3 Å². The van der Waals surface area contributed by atoms with Crippen molar-refractivity contribution in [3.63, 3.8) is 0 Å². The number of nitrogens with zero attached hydrogens (tertiary/aromatic N) is 2. The summed E-state index contributed by atoms with van der Waals surface area (Å²) in [7, 11) is 0. The summed E-state index contributed by atoms with van der Waals surface area (Å²) in [5, 5.41) is 0.639. The molecule has 1 N–H and O–H groups in total. The zero-order valence-corrected chi connectivity index (χ0v) is 10.9. The summed E-state index contributed by atoms with van der Waals surface area (Å²) in [6, 6.07) is 7.52. The summed E-state index contributed by atoms with van der Waals surface area (Å²) < 4.78 is 5.35. The van der Waals surface area contributed by atoms with Crippen LogP contribution < -0.4 is 5.56 Å². The Morgan fingerprint density at radius 2 is 2.05 bits per heavy atom. The van der Waals surface area contributed by atoms with Crippen LogP contribution in [0.15, 0.2) is 29.1 Å². The molecule has 1 atom stereocenters. The Bertz CT molecular complexity index is 632. The third-order valence-electron chi connectivity index (χ3n) is 3.62. The molecule has 1 aliphatic rings. The predicted octanol–water partition coefficient (Wildman–Crippen LogP) is 1.32. The van der Waals surface area contributed by atoms with Crippen LogP contribution in [0.2, 0.25) is 0 Å². The largest absolute Gasteiger partial charge is 0.379 e. The number of hydrogen-bond donors (Lipinski definition) is 1. The molecular formula is C14H17N3O2. The van der Waals surface area contributed by atoms with E-state index in [1.54, 1.807) is 6.07 Å². The molecule has 5 heteroatoms. The molecule has 1 aliphatic heterocycles. The van der Waals surface area contributed by atoms with Crippen molar-refractivity contribution < 1.29 is 4.74 Å². The van der Waals surface area contributed by atoms with Crippen molar-refractivity contribution in [3.8, 4) is 0 Å². The molecule has 1 aromatic heterocycles. The molecule has 2 aromatic rings. The van der Waals surface area contributed by atoms with Crippen LogP contribution in [0.1, 0.15) is 18.8 Å². The number of aromatic amines is 1. The van der Waals surface area contributed by atoms with Gasteiger partial charge in [0, 0.05) is 13.1 Å². The Morgan fingerprint density at radius 3 is 2.84 bits per heavy atom. The average Bonchev–Trinajstić information content (AvgIpc) is 2.47. The third-order valence-corrected chi connectivity index (χ3v) is 3.62. The number of para-hydroxylation sites is 1.